The van der Waals surface area contributed by atoms with Crippen molar-refractivity contribution in [2.75, 3.05) is 5.32 Å². The second-order valence-electron chi connectivity index (χ2n) is 5.46. The molecule has 1 aromatic heterocycles. The third-order valence-electron chi connectivity index (χ3n) is 3.98. The van der Waals surface area contributed by atoms with Gasteiger partial charge in [-0.3, -0.25) is 10.1 Å². The molecule has 2 aliphatic rings. The van der Waals surface area contributed by atoms with Crippen LogP contribution >= 0.6 is 0 Å². The van der Waals surface area contributed by atoms with Crippen LogP contribution in [-0.2, 0) is 30.9 Å². The van der Waals surface area contributed by atoms with E-state index >= 15 is 0 Å². The summed E-state index contributed by atoms with van der Waals surface area (Å²) in [6.07, 6.45) is 3.19. The summed E-state index contributed by atoms with van der Waals surface area (Å²) in [5.74, 6) is 1.18. The Bertz CT molecular complexity index is 684. The number of carbonyl (C=O) groups is 1. The third kappa shape index (κ3) is 2.31. The molecular formula is C15H16N4O2. The fraction of sp³-hybridized carbons (Fsp3) is 0.400. The van der Waals surface area contributed by atoms with Crippen molar-refractivity contribution >= 4 is 11.9 Å². The zero-order chi connectivity index (χ0) is 14.2. The molecule has 0 spiro atoms. The molecule has 6 nitrogen and oxygen atoms in total. The molecule has 4 rings (SSSR count). The number of hydrogen-bond acceptors (Lipinski definition) is 4. The lowest BCUT2D eigenvalue weighted by molar-refractivity contribution is 0.102. The monoisotopic (exact) mass is 284 g/mol. The molecule has 1 N–H and O–H groups in total. The minimum Gasteiger partial charge on any atom is -0.372 e. The average Bonchev–Trinajstić information content (AvgIpc) is 3.11. The molecular weight excluding hydrogens is 268 g/mol. The minimum atomic E-state index is -0.173. The predicted molar refractivity (Wildman–Crippen MR) is 75.8 cm³/mol. The number of benzene rings is 1. The number of anilines is 1. The number of aryl methyl sites for hydroxylation is 2. The molecule has 0 radical (unpaired) electrons. The van der Waals surface area contributed by atoms with E-state index in [1.165, 1.54) is 0 Å². The molecule has 0 atom stereocenters. The molecule has 108 valence electrons. The maximum atomic E-state index is 12.3. The fourth-order valence-corrected chi connectivity index (χ4v) is 2.82. The highest BCUT2D eigenvalue weighted by atomic mass is 16.5. The van der Waals surface area contributed by atoms with Gasteiger partial charge in [-0.15, -0.1) is 5.10 Å². The van der Waals surface area contributed by atoms with Crippen LogP contribution < -0.4 is 5.32 Å². The number of aromatic nitrogens is 3. The summed E-state index contributed by atoms with van der Waals surface area (Å²) in [6, 6.07) is 5.65. The molecule has 1 amide bonds. The second kappa shape index (κ2) is 4.96. The lowest BCUT2D eigenvalue weighted by atomic mass is 10.1. The van der Waals surface area contributed by atoms with E-state index < -0.39 is 0 Å². The van der Waals surface area contributed by atoms with E-state index in [1.807, 2.05) is 22.9 Å². The van der Waals surface area contributed by atoms with Gasteiger partial charge in [-0.05, 0) is 36.1 Å². The Morgan fingerprint density at radius 2 is 2.14 bits per heavy atom. The van der Waals surface area contributed by atoms with Crippen molar-refractivity contribution in [1.29, 1.82) is 0 Å². The zero-order valence-electron chi connectivity index (χ0n) is 11.6. The Morgan fingerprint density at radius 1 is 1.24 bits per heavy atom. The van der Waals surface area contributed by atoms with Gasteiger partial charge in [-0.25, -0.2) is 4.68 Å². The van der Waals surface area contributed by atoms with Crippen LogP contribution in [0.25, 0.3) is 0 Å². The summed E-state index contributed by atoms with van der Waals surface area (Å²) in [5, 5.41) is 7.12. The van der Waals surface area contributed by atoms with Crippen LogP contribution in [0.5, 0.6) is 0 Å². The van der Waals surface area contributed by atoms with E-state index in [-0.39, 0.29) is 5.91 Å². The van der Waals surface area contributed by atoms with Crippen molar-refractivity contribution in [3.8, 4) is 0 Å². The first-order valence-corrected chi connectivity index (χ1v) is 7.24. The fourth-order valence-electron chi connectivity index (χ4n) is 2.82. The van der Waals surface area contributed by atoms with Crippen molar-refractivity contribution in [1.82, 2.24) is 14.8 Å². The summed E-state index contributed by atoms with van der Waals surface area (Å²) in [7, 11) is 0. The predicted octanol–water partition coefficient (Wildman–Crippen LogP) is 1.90. The van der Waals surface area contributed by atoms with Crippen molar-refractivity contribution in [3.63, 3.8) is 0 Å². The van der Waals surface area contributed by atoms with Gasteiger partial charge in [0.05, 0.1) is 13.2 Å². The van der Waals surface area contributed by atoms with Gasteiger partial charge in [0, 0.05) is 18.5 Å². The van der Waals surface area contributed by atoms with Crippen LogP contribution in [0.2, 0.25) is 0 Å². The van der Waals surface area contributed by atoms with Gasteiger partial charge >= 0.3 is 0 Å². The lowest BCUT2D eigenvalue weighted by Gasteiger charge is -2.09. The summed E-state index contributed by atoms with van der Waals surface area (Å²) in [5.41, 5.74) is 2.86. The molecule has 0 fully saturated rings. The Kier molecular flexibility index (Phi) is 2.96. The lowest BCUT2D eigenvalue weighted by Crippen LogP contribution is -2.14. The number of rotatable bonds is 2. The van der Waals surface area contributed by atoms with E-state index in [0.717, 1.165) is 42.8 Å². The smallest absolute Gasteiger partial charge is 0.258 e. The quantitative estimate of drug-likeness (QED) is 0.914. The zero-order valence-corrected chi connectivity index (χ0v) is 11.6. The van der Waals surface area contributed by atoms with Crippen LogP contribution in [0, 0.1) is 0 Å². The molecule has 21 heavy (non-hydrogen) atoms. The van der Waals surface area contributed by atoms with Crippen molar-refractivity contribution < 1.29 is 9.53 Å². The summed E-state index contributed by atoms with van der Waals surface area (Å²) in [6.45, 7) is 2.09. The SMILES string of the molecule is O=C(Nc1nc2n(n1)CCCC2)c1ccc2c(c1)COC2. The molecule has 0 saturated carbocycles. The number of nitrogens with zero attached hydrogens (tertiary/aromatic N) is 3. The van der Waals surface area contributed by atoms with Gasteiger partial charge in [-0.1, -0.05) is 6.07 Å². The van der Waals surface area contributed by atoms with Gasteiger partial charge in [0.25, 0.3) is 5.91 Å². The van der Waals surface area contributed by atoms with E-state index in [1.54, 1.807) is 0 Å². The first kappa shape index (κ1) is 12.5. The molecule has 0 bridgehead atoms. The number of ether oxygens (including phenoxy) is 1. The minimum absolute atomic E-state index is 0.173. The Labute approximate surface area is 122 Å². The Balaban J connectivity index is 1.54. The molecule has 0 aliphatic carbocycles. The summed E-state index contributed by atoms with van der Waals surface area (Å²) >= 11 is 0. The highest BCUT2D eigenvalue weighted by molar-refractivity contribution is 6.03. The van der Waals surface area contributed by atoms with Crippen LogP contribution in [0.15, 0.2) is 18.2 Å². The Hall–Kier alpha value is -2.21. The molecule has 0 unspecified atom stereocenters. The number of carbonyl (C=O) groups excluding carboxylic acids is 1. The van der Waals surface area contributed by atoms with Crippen LogP contribution in [0.1, 0.15) is 40.2 Å². The van der Waals surface area contributed by atoms with Gasteiger partial charge < -0.3 is 4.74 Å². The van der Waals surface area contributed by atoms with Crippen LogP contribution in [-0.4, -0.2) is 20.7 Å². The topological polar surface area (TPSA) is 69.0 Å². The first-order valence-electron chi connectivity index (χ1n) is 7.24. The van der Waals surface area contributed by atoms with Gasteiger partial charge in [0.1, 0.15) is 5.82 Å². The molecule has 0 saturated heterocycles. The standard InChI is InChI=1S/C15H16N4O2/c20-14(10-4-5-11-8-21-9-12(11)7-10)17-15-16-13-3-1-2-6-19(13)18-15/h4-5,7H,1-3,6,8-9H2,(H,17,18,20). The number of hydrogen-bond donors (Lipinski definition) is 1. The summed E-state index contributed by atoms with van der Waals surface area (Å²) in [4.78, 5) is 16.7. The molecule has 3 heterocycles. The largest absolute Gasteiger partial charge is 0.372 e. The van der Waals surface area contributed by atoms with Gasteiger partial charge in [0.15, 0.2) is 0 Å². The van der Waals surface area contributed by atoms with E-state index in [0.29, 0.717) is 24.7 Å². The highest BCUT2D eigenvalue weighted by Gasteiger charge is 2.18. The van der Waals surface area contributed by atoms with Crippen LogP contribution in [0.4, 0.5) is 5.95 Å². The normalized spacial score (nSPS) is 16.4. The molecule has 2 aromatic rings. The second-order valence-corrected chi connectivity index (χ2v) is 5.46. The molecule has 6 heteroatoms. The number of fused-ring (bicyclic) bond motifs is 2. The molecule has 1 aromatic carbocycles. The Morgan fingerprint density at radius 3 is 3.05 bits per heavy atom. The van der Waals surface area contributed by atoms with E-state index in [2.05, 4.69) is 15.4 Å². The first-order chi connectivity index (χ1) is 10.3. The van der Waals surface area contributed by atoms with Gasteiger partial charge in [0.2, 0.25) is 5.95 Å². The van der Waals surface area contributed by atoms with E-state index in [9.17, 15) is 4.79 Å². The van der Waals surface area contributed by atoms with E-state index in [4.69, 9.17) is 4.74 Å². The highest BCUT2D eigenvalue weighted by Crippen LogP contribution is 2.21. The summed E-state index contributed by atoms with van der Waals surface area (Å²) < 4.78 is 7.25. The maximum absolute atomic E-state index is 12.3. The van der Waals surface area contributed by atoms with Crippen molar-refractivity contribution in [2.24, 2.45) is 0 Å². The number of amides is 1. The van der Waals surface area contributed by atoms with Crippen LogP contribution in [0.3, 0.4) is 0 Å². The van der Waals surface area contributed by atoms with Gasteiger partial charge in [-0.2, -0.15) is 4.98 Å². The van der Waals surface area contributed by atoms with Crippen molar-refractivity contribution in [3.05, 3.63) is 40.7 Å². The average molecular weight is 284 g/mol. The number of nitrogens with one attached hydrogen (secondary N) is 1. The third-order valence-corrected chi connectivity index (χ3v) is 3.98. The maximum Gasteiger partial charge on any atom is 0.258 e. The molecule has 2 aliphatic heterocycles. The van der Waals surface area contributed by atoms with Crippen molar-refractivity contribution in [2.45, 2.75) is 39.0 Å².